The Morgan fingerprint density at radius 1 is 1.21 bits per heavy atom. The predicted molar refractivity (Wildman–Crippen MR) is 83.6 cm³/mol. The van der Waals surface area contributed by atoms with Gasteiger partial charge in [0.2, 0.25) is 0 Å². The van der Waals surface area contributed by atoms with Crippen LogP contribution in [-0.2, 0) is 13.0 Å². The maximum Gasteiger partial charge on any atom is 0.0372 e. The molecule has 19 heavy (non-hydrogen) atoms. The smallest absolute Gasteiger partial charge is 0.0372 e. The van der Waals surface area contributed by atoms with Gasteiger partial charge in [-0.05, 0) is 49.8 Å². The van der Waals surface area contributed by atoms with Crippen molar-refractivity contribution in [3.05, 3.63) is 29.3 Å². The zero-order valence-corrected chi connectivity index (χ0v) is 12.9. The standard InChI is InChI=1S/C17H28N2/c1-13(2)11-19(14(3)4)12-15-7-8-17-16(10-15)6-5-9-18-17/h7-8,10,13-14,18H,5-6,9,11-12H2,1-4H3. The van der Waals surface area contributed by atoms with E-state index in [1.54, 1.807) is 0 Å². The first-order valence-electron chi connectivity index (χ1n) is 7.66. The summed E-state index contributed by atoms with van der Waals surface area (Å²) in [6, 6.07) is 7.55. The van der Waals surface area contributed by atoms with Gasteiger partial charge in [0.15, 0.2) is 0 Å². The van der Waals surface area contributed by atoms with Crippen molar-refractivity contribution in [2.75, 3.05) is 18.4 Å². The number of benzene rings is 1. The van der Waals surface area contributed by atoms with Gasteiger partial charge < -0.3 is 5.32 Å². The number of hydrogen-bond acceptors (Lipinski definition) is 2. The quantitative estimate of drug-likeness (QED) is 0.863. The zero-order chi connectivity index (χ0) is 13.8. The molecule has 0 radical (unpaired) electrons. The monoisotopic (exact) mass is 260 g/mol. The van der Waals surface area contributed by atoms with Crippen molar-refractivity contribution in [1.82, 2.24) is 4.90 Å². The largest absolute Gasteiger partial charge is 0.385 e. The molecule has 0 amide bonds. The molecular formula is C17H28N2. The predicted octanol–water partition coefficient (Wildman–Crippen LogP) is 3.91. The van der Waals surface area contributed by atoms with Crippen molar-refractivity contribution in [2.24, 2.45) is 5.92 Å². The minimum absolute atomic E-state index is 0.608. The fraction of sp³-hybridized carbons (Fsp3) is 0.647. The summed E-state index contributed by atoms with van der Waals surface area (Å²) in [5, 5.41) is 3.48. The van der Waals surface area contributed by atoms with Crippen LogP contribution in [0.4, 0.5) is 5.69 Å². The van der Waals surface area contributed by atoms with Gasteiger partial charge in [-0.1, -0.05) is 26.0 Å². The molecule has 0 bridgehead atoms. The summed E-state index contributed by atoms with van der Waals surface area (Å²) in [5.74, 6) is 0.724. The molecule has 1 aromatic rings. The summed E-state index contributed by atoms with van der Waals surface area (Å²) in [5.41, 5.74) is 4.30. The number of hydrogen-bond donors (Lipinski definition) is 1. The number of aryl methyl sites for hydroxylation is 1. The van der Waals surface area contributed by atoms with Crippen molar-refractivity contribution < 1.29 is 0 Å². The Labute approximate surface area is 118 Å². The highest BCUT2D eigenvalue weighted by Crippen LogP contribution is 2.24. The third-order valence-corrected chi connectivity index (χ3v) is 3.82. The topological polar surface area (TPSA) is 15.3 Å². The van der Waals surface area contributed by atoms with E-state index in [0.29, 0.717) is 6.04 Å². The Hall–Kier alpha value is -1.02. The van der Waals surface area contributed by atoms with E-state index < -0.39 is 0 Å². The molecule has 106 valence electrons. The molecule has 0 aromatic heterocycles. The Kier molecular flexibility index (Phi) is 4.87. The maximum absolute atomic E-state index is 3.48. The van der Waals surface area contributed by atoms with Crippen LogP contribution in [0.2, 0.25) is 0 Å². The fourth-order valence-electron chi connectivity index (χ4n) is 2.79. The molecule has 1 heterocycles. The van der Waals surface area contributed by atoms with Crippen LogP contribution < -0.4 is 5.32 Å². The van der Waals surface area contributed by atoms with Gasteiger partial charge in [0.1, 0.15) is 0 Å². The van der Waals surface area contributed by atoms with Gasteiger partial charge in [-0.25, -0.2) is 0 Å². The summed E-state index contributed by atoms with van der Waals surface area (Å²) in [7, 11) is 0. The third-order valence-electron chi connectivity index (χ3n) is 3.82. The number of anilines is 1. The highest BCUT2D eigenvalue weighted by Gasteiger charge is 2.14. The van der Waals surface area contributed by atoms with E-state index >= 15 is 0 Å². The van der Waals surface area contributed by atoms with Crippen molar-refractivity contribution in [3.63, 3.8) is 0 Å². The second-order valence-corrected chi connectivity index (χ2v) is 6.44. The van der Waals surface area contributed by atoms with Crippen LogP contribution in [0.3, 0.4) is 0 Å². The van der Waals surface area contributed by atoms with Crippen LogP contribution in [0.25, 0.3) is 0 Å². The van der Waals surface area contributed by atoms with E-state index in [-0.39, 0.29) is 0 Å². The summed E-state index contributed by atoms with van der Waals surface area (Å²) >= 11 is 0. The molecule has 0 atom stereocenters. The second-order valence-electron chi connectivity index (χ2n) is 6.44. The lowest BCUT2D eigenvalue weighted by molar-refractivity contribution is 0.189. The van der Waals surface area contributed by atoms with Gasteiger partial charge in [-0.2, -0.15) is 0 Å². The minimum Gasteiger partial charge on any atom is -0.385 e. The van der Waals surface area contributed by atoms with E-state index in [1.165, 1.54) is 36.2 Å². The summed E-state index contributed by atoms with van der Waals surface area (Å²) in [4.78, 5) is 2.57. The van der Waals surface area contributed by atoms with Gasteiger partial charge >= 0.3 is 0 Å². The molecule has 1 aliphatic rings. The highest BCUT2D eigenvalue weighted by atomic mass is 15.1. The van der Waals surface area contributed by atoms with Gasteiger partial charge in [0.25, 0.3) is 0 Å². The molecule has 2 rings (SSSR count). The lowest BCUT2D eigenvalue weighted by atomic mass is 10.00. The lowest BCUT2D eigenvalue weighted by Gasteiger charge is -2.29. The minimum atomic E-state index is 0.608. The molecule has 0 fully saturated rings. The SMILES string of the molecule is CC(C)CN(Cc1ccc2c(c1)CCCN2)C(C)C. The van der Waals surface area contributed by atoms with Gasteiger partial charge in [0.05, 0.1) is 0 Å². The molecular weight excluding hydrogens is 232 g/mol. The highest BCUT2D eigenvalue weighted by molar-refractivity contribution is 5.54. The average Bonchev–Trinajstić information content (AvgIpc) is 2.37. The van der Waals surface area contributed by atoms with Gasteiger partial charge in [0, 0.05) is 31.4 Å². The van der Waals surface area contributed by atoms with Crippen LogP contribution in [-0.4, -0.2) is 24.0 Å². The summed E-state index contributed by atoms with van der Waals surface area (Å²) in [6.45, 7) is 12.6. The van der Waals surface area contributed by atoms with Gasteiger partial charge in [-0.15, -0.1) is 0 Å². The van der Waals surface area contributed by atoms with E-state index in [0.717, 1.165) is 19.0 Å². The van der Waals surface area contributed by atoms with Crippen LogP contribution in [0.15, 0.2) is 18.2 Å². The van der Waals surface area contributed by atoms with Crippen LogP contribution in [0.1, 0.15) is 45.2 Å². The van der Waals surface area contributed by atoms with Crippen LogP contribution >= 0.6 is 0 Å². The number of nitrogens with one attached hydrogen (secondary N) is 1. The maximum atomic E-state index is 3.48. The van der Waals surface area contributed by atoms with E-state index in [9.17, 15) is 0 Å². The Balaban J connectivity index is 2.08. The lowest BCUT2D eigenvalue weighted by Crippen LogP contribution is -2.33. The summed E-state index contributed by atoms with van der Waals surface area (Å²) in [6.07, 6.45) is 2.48. The number of nitrogens with zero attached hydrogens (tertiary/aromatic N) is 1. The molecule has 0 saturated heterocycles. The van der Waals surface area contributed by atoms with Crippen LogP contribution in [0, 0.1) is 5.92 Å². The Bertz CT molecular complexity index is 410. The van der Waals surface area contributed by atoms with E-state index in [1.807, 2.05) is 0 Å². The number of rotatable bonds is 5. The first kappa shape index (κ1) is 14.4. The van der Waals surface area contributed by atoms with E-state index in [4.69, 9.17) is 0 Å². The molecule has 1 aliphatic heterocycles. The molecule has 2 heteroatoms. The van der Waals surface area contributed by atoms with Crippen molar-refractivity contribution in [3.8, 4) is 0 Å². The van der Waals surface area contributed by atoms with Crippen molar-refractivity contribution in [2.45, 2.75) is 53.1 Å². The molecule has 1 aromatic carbocycles. The van der Waals surface area contributed by atoms with E-state index in [2.05, 4.69) is 56.1 Å². The molecule has 0 aliphatic carbocycles. The molecule has 0 unspecified atom stereocenters. The zero-order valence-electron chi connectivity index (χ0n) is 12.9. The van der Waals surface area contributed by atoms with Crippen molar-refractivity contribution in [1.29, 1.82) is 0 Å². The van der Waals surface area contributed by atoms with Gasteiger partial charge in [-0.3, -0.25) is 4.90 Å². The average molecular weight is 260 g/mol. The molecule has 1 N–H and O–H groups in total. The first-order chi connectivity index (χ1) is 9.06. The second kappa shape index (κ2) is 6.42. The Morgan fingerprint density at radius 3 is 2.68 bits per heavy atom. The van der Waals surface area contributed by atoms with Crippen molar-refractivity contribution >= 4 is 5.69 Å². The molecule has 0 spiro atoms. The first-order valence-corrected chi connectivity index (χ1v) is 7.66. The summed E-state index contributed by atoms with van der Waals surface area (Å²) < 4.78 is 0. The number of fused-ring (bicyclic) bond motifs is 1. The Morgan fingerprint density at radius 2 is 2.00 bits per heavy atom. The molecule has 2 nitrogen and oxygen atoms in total. The third kappa shape index (κ3) is 3.97. The fourth-order valence-corrected chi connectivity index (χ4v) is 2.79. The van der Waals surface area contributed by atoms with Crippen LogP contribution in [0.5, 0.6) is 0 Å². The normalized spacial score (nSPS) is 14.9. The molecule has 0 saturated carbocycles.